The summed E-state index contributed by atoms with van der Waals surface area (Å²) >= 11 is 1.39. The Labute approximate surface area is 110 Å². The summed E-state index contributed by atoms with van der Waals surface area (Å²) < 4.78 is 36.5. The average molecular weight is 280 g/mol. The first-order chi connectivity index (χ1) is 8.33. The highest BCUT2D eigenvalue weighted by molar-refractivity contribution is 7.11. The molecular formula is C12H19F3N2S. The van der Waals surface area contributed by atoms with Crippen molar-refractivity contribution in [2.45, 2.75) is 52.3 Å². The number of hydrogen-bond acceptors (Lipinski definition) is 3. The summed E-state index contributed by atoms with van der Waals surface area (Å²) in [6, 6.07) is 0. The minimum Gasteiger partial charge on any atom is -0.312 e. The van der Waals surface area contributed by atoms with Crippen LogP contribution in [0.5, 0.6) is 0 Å². The molecule has 18 heavy (non-hydrogen) atoms. The Morgan fingerprint density at radius 1 is 1.33 bits per heavy atom. The molecule has 0 aromatic carbocycles. The van der Waals surface area contributed by atoms with Crippen LogP contribution < -0.4 is 5.32 Å². The summed E-state index contributed by atoms with van der Waals surface area (Å²) in [6.07, 6.45) is -4.91. The number of aryl methyl sites for hydroxylation is 1. The third-order valence-corrected chi connectivity index (χ3v) is 3.61. The zero-order valence-electron chi connectivity index (χ0n) is 10.9. The fourth-order valence-electron chi connectivity index (χ4n) is 1.59. The number of nitrogens with one attached hydrogen (secondary N) is 1. The lowest BCUT2D eigenvalue weighted by molar-refractivity contribution is -0.134. The fraction of sp³-hybridized carbons (Fsp3) is 0.750. The Bertz CT molecular complexity index is 372. The van der Waals surface area contributed by atoms with Crippen LogP contribution >= 0.6 is 11.3 Å². The van der Waals surface area contributed by atoms with E-state index in [1.807, 2.05) is 20.8 Å². The number of alkyl halides is 3. The first-order valence-corrected chi connectivity index (χ1v) is 6.91. The van der Waals surface area contributed by atoms with Crippen molar-refractivity contribution < 1.29 is 13.2 Å². The van der Waals surface area contributed by atoms with E-state index >= 15 is 0 Å². The maximum atomic E-state index is 12.2. The molecule has 1 rings (SSSR count). The van der Waals surface area contributed by atoms with Gasteiger partial charge in [0.15, 0.2) is 0 Å². The lowest BCUT2D eigenvalue weighted by Gasteiger charge is -2.05. The molecule has 0 fully saturated rings. The van der Waals surface area contributed by atoms with E-state index in [2.05, 4.69) is 10.3 Å². The Kier molecular flexibility index (Phi) is 5.59. The molecule has 1 aromatic heterocycles. The van der Waals surface area contributed by atoms with Gasteiger partial charge in [-0.3, -0.25) is 0 Å². The number of nitrogens with zero attached hydrogens (tertiary/aromatic N) is 1. The molecule has 0 aliphatic carbocycles. The van der Waals surface area contributed by atoms with E-state index in [4.69, 9.17) is 0 Å². The van der Waals surface area contributed by atoms with Gasteiger partial charge in [0.2, 0.25) is 0 Å². The minimum atomic E-state index is -4.11. The molecule has 0 amide bonds. The molecule has 0 atom stereocenters. The van der Waals surface area contributed by atoms with Gasteiger partial charge in [-0.2, -0.15) is 13.2 Å². The minimum absolute atomic E-state index is 0.0139. The molecule has 0 bridgehead atoms. The van der Waals surface area contributed by atoms with Crippen LogP contribution in [0.3, 0.4) is 0 Å². The lowest BCUT2D eigenvalue weighted by Crippen LogP contribution is -2.12. The van der Waals surface area contributed by atoms with Crippen molar-refractivity contribution in [1.29, 1.82) is 0 Å². The van der Waals surface area contributed by atoms with E-state index in [1.165, 1.54) is 11.3 Å². The smallest absolute Gasteiger partial charge is 0.312 e. The van der Waals surface area contributed by atoms with Crippen LogP contribution in [0.2, 0.25) is 0 Å². The largest absolute Gasteiger partial charge is 0.389 e. The Morgan fingerprint density at radius 2 is 2.00 bits per heavy atom. The summed E-state index contributed by atoms with van der Waals surface area (Å²) in [5.74, 6) is 0.245. The van der Waals surface area contributed by atoms with Gasteiger partial charge in [-0.15, -0.1) is 11.3 Å². The summed E-state index contributed by atoms with van der Waals surface area (Å²) in [6.45, 7) is 7.55. The third kappa shape index (κ3) is 4.94. The molecule has 1 N–H and O–H groups in total. The molecule has 6 heteroatoms. The van der Waals surface area contributed by atoms with E-state index in [0.29, 0.717) is 11.6 Å². The molecule has 0 aliphatic rings. The van der Waals surface area contributed by atoms with Gasteiger partial charge < -0.3 is 5.32 Å². The highest BCUT2D eigenvalue weighted by Gasteiger charge is 2.27. The average Bonchev–Trinajstić information content (AvgIpc) is 2.66. The molecule has 1 aromatic rings. The first-order valence-electron chi connectivity index (χ1n) is 6.09. The van der Waals surface area contributed by atoms with Gasteiger partial charge in [-0.1, -0.05) is 20.8 Å². The van der Waals surface area contributed by atoms with Crippen LogP contribution in [0.25, 0.3) is 0 Å². The van der Waals surface area contributed by atoms with Crippen LogP contribution in [0.15, 0.2) is 0 Å². The first kappa shape index (κ1) is 15.4. The highest BCUT2D eigenvalue weighted by atomic mass is 32.1. The third-order valence-electron chi connectivity index (χ3n) is 2.48. The standard InChI is InChI=1S/C12H19F3N2S/c1-4-16-7-9-11(8(2)3)17-10(18-9)5-6-12(13,14)15/h8,16H,4-7H2,1-3H3. The molecule has 0 aliphatic heterocycles. The van der Waals surface area contributed by atoms with Crippen molar-refractivity contribution in [3.05, 3.63) is 15.6 Å². The van der Waals surface area contributed by atoms with Gasteiger partial charge in [-0.05, 0) is 12.5 Å². The summed E-state index contributed by atoms with van der Waals surface area (Å²) in [4.78, 5) is 5.40. The molecule has 0 radical (unpaired) electrons. The molecule has 0 spiro atoms. The number of aromatic nitrogens is 1. The normalized spacial score (nSPS) is 12.4. The van der Waals surface area contributed by atoms with Crippen LogP contribution in [0, 0.1) is 0 Å². The van der Waals surface area contributed by atoms with Crippen molar-refractivity contribution in [3.8, 4) is 0 Å². The van der Waals surface area contributed by atoms with Gasteiger partial charge in [0.25, 0.3) is 0 Å². The maximum Gasteiger partial charge on any atom is 0.389 e. The second kappa shape index (κ2) is 6.52. The van der Waals surface area contributed by atoms with Gasteiger partial charge in [0.05, 0.1) is 10.7 Å². The lowest BCUT2D eigenvalue weighted by atomic mass is 10.1. The molecule has 104 valence electrons. The fourth-order valence-corrected chi connectivity index (χ4v) is 2.78. The predicted molar refractivity (Wildman–Crippen MR) is 68.0 cm³/mol. The van der Waals surface area contributed by atoms with E-state index in [-0.39, 0.29) is 12.3 Å². The number of rotatable bonds is 6. The molecule has 0 saturated carbocycles. The van der Waals surface area contributed by atoms with Crippen molar-refractivity contribution in [1.82, 2.24) is 10.3 Å². The van der Waals surface area contributed by atoms with Crippen LogP contribution in [0.4, 0.5) is 13.2 Å². The number of halogens is 3. The maximum absolute atomic E-state index is 12.2. The molecule has 1 heterocycles. The van der Waals surface area contributed by atoms with Gasteiger partial charge in [-0.25, -0.2) is 4.98 Å². The van der Waals surface area contributed by atoms with Crippen LogP contribution in [-0.2, 0) is 13.0 Å². The van der Waals surface area contributed by atoms with Crippen LogP contribution in [0.1, 0.15) is 48.7 Å². The summed E-state index contributed by atoms with van der Waals surface area (Å²) in [5.41, 5.74) is 0.929. The molecular weight excluding hydrogens is 261 g/mol. The zero-order chi connectivity index (χ0) is 13.8. The predicted octanol–water partition coefficient (Wildman–Crippen LogP) is 3.87. The molecule has 2 nitrogen and oxygen atoms in total. The Morgan fingerprint density at radius 3 is 2.50 bits per heavy atom. The quantitative estimate of drug-likeness (QED) is 0.855. The Balaban J connectivity index is 2.75. The van der Waals surface area contributed by atoms with Crippen molar-refractivity contribution in [3.63, 3.8) is 0 Å². The van der Waals surface area contributed by atoms with E-state index in [1.54, 1.807) is 0 Å². The SMILES string of the molecule is CCNCc1sc(CCC(F)(F)F)nc1C(C)C. The Hall–Kier alpha value is -0.620. The van der Waals surface area contributed by atoms with Gasteiger partial charge in [0.1, 0.15) is 0 Å². The second-order valence-electron chi connectivity index (χ2n) is 4.47. The summed E-state index contributed by atoms with van der Waals surface area (Å²) in [7, 11) is 0. The van der Waals surface area contributed by atoms with E-state index in [0.717, 1.165) is 17.1 Å². The van der Waals surface area contributed by atoms with E-state index < -0.39 is 12.6 Å². The molecule has 0 saturated heterocycles. The highest BCUT2D eigenvalue weighted by Crippen LogP contribution is 2.28. The van der Waals surface area contributed by atoms with E-state index in [9.17, 15) is 13.2 Å². The number of thiazole rings is 1. The van der Waals surface area contributed by atoms with Gasteiger partial charge in [0, 0.05) is 24.3 Å². The topological polar surface area (TPSA) is 24.9 Å². The zero-order valence-corrected chi connectivity index (χ0v) is 11.7. The monoisotopic (exact) mass is 280 g/mol. The molecule has 0 unspecified atom stereocenters. The number of hydrogen-bond donors (Lipinski definition) is 1. The van der Waals surface area contributed by atoms with Crippen molar-refractivity contribution in [2.24, 2.45) is 0 Å². The van der Waals surface area contributed by atoms with Crippen molar-refractivity contribution >= 4 is 11.3 Å². The van der Waals surface area contributed by atoms with Crippen molar-refractivity contribution in [2.75, 3.05) is 6.54 Å². The van der Waals surface area contributed by atoms with Gasteiger partial charge >= 0.3 is 6.18 Å². The van der Waals surface area contributed by atoms with Crippen LogP contribution in [-0.4, -0.2) is 17.7 Å². The second-order valence-corrected chi connectivity index (χ2v) is 5.63. The summed E-state index contributed by atoms with van der Waals surface area (Å²) in [5, 5.41) is 3.78.